The van der Waals surface area contributed by atoms with Gasteiger partial charge >= 0.3 is 0 Å². The van der Waals surface area contributed by atoms with E-state index in [1.165, 1.54) is 49.7 Å². The first-order valence-electron chi connectivity index (χ1n) is 9.76. The molecule has 1 amide bonds. The van der Waals surface area contributed by atoms with Crippen molar-refractivity contribution < 1.29 is 13.2 Å². The number of sulfonamides is 1. The zero-order chi connectivity index (χ0) is 20.5. The maximum atomic E-state index is 12.1. The van der Waals surface area contributed by atoms with E-state index in [0.717, 1.165) is 18.7 Å². The standard InChI is InChI=1S/C21H26N4O3S/c26-21(17-23-29(27,28)20-8-4-3-5-9-20)24-22-16-18-10-12-19(13-11-18)25-14-6-1-2-7-15-25/h3-5,8-13,16,23H,1-2,6-7,14-15,17H2,(H,24,26)/b22-16-. The fraction of sp³-hybridized carbons (Fsp3) is 0.333. The number of hydrogen-bond acceptors (Lipinski definition) is 5. The lowest BCUT2D eigenvalue weighted by molar-refractivity contribution is -0.119. The van der Waals surface area contributed by atoms with E-state index in [1.54, 1.807) is 18.2 Å². The Hall–Kier alpha value is -2.71. The summed E-state index contributed by atoms with van der Waals surface area (Å²) in [5, 5.41) is 3.90. The molecular weight excluding hydrogens is 388 g/mol. The van der Waals surface area contributed by atoms with Crippen LogP contribution < -0.4 is 15.0 Å². The minimum atomic E-state index is -3.72. The van der Waals surface area contributed by atoms with E-state index >= 15 is 0 Å². The van der Waals surface area contributed by atoms with Gasteiger partial charge in [-0.1, -0.05) is 43.2 Å². The van der Waals surface area contributed by atoms with Gasteiger partial charge in [-0.05, 0) is 42.7 Å². The average molecular weight is 415 g/mol. The Morgan fingerprint density at radius 3 is 2.28 bits per heavy atom. The minimum Gasteiger partial charge on any atom is -0.372 e. The Morgan fingerprint density at radius 2 is 1.62 bits per heavy atom. The molecule has 7 nitrogen and oxygen atoms in total. The van der Waals surface area contributed by atoms with Crippen LogP contribution >= 0.6 is 0 Å². The summed E-state index contributed by atoms with van der Waals surface area (Å²) >= 11 is 0. The number of nitrogens with zero attached hydrogens (tertiary/aromatic N) is 2. The van der Waals surface area contributed by atoms with Crippen LogP contribution in [0.15, 0.2) is 64.6 Å². The van der Waals surface area contributed by atoms with Crippen LogP contribution in [0.2, 0.25) is 0 Å². The van der Waals surface area contributed by atoms with E-state index < -0.39 is 15.9 Å². The maximum absolute atomic E-state index is 12.1. The van der Waals surface area contributed by atoms with Crippen molar-refractivity contribution in [3.8, 4) is 0 Å². The number of carbonyl (C=O) groups is 1. The second-order valence-electron chi connectivity index (χ2n) is 6.92. The van der Waals surface area contributed by atoms with E-state index in [0.29, 0.717) is 0 Å². The largest absolute Gasteiger partial charge is 0.372 e. The normalized spacial score (nSPS) is 15.2. The molecular formula is C21H26N4O3S. The van der Waals surface area contributed by atoms with Crippen molar-refractivity contribution in [2.75, 3.05) is 24.5 Å². The molecule has 29 heavy (non-hydrogen) atoms. The summed E-state index contributed by atoms with van der Waals surface area (Å²) in [4.78, 5) is 14.4. The predicted molar refractivity (Wildman–Crippen MR) is 114 cm³/mol. The second kappa shape index (κ2) is 10.2. The van der Waals surface area contributed by atoms with Gasteiger partial charge in [-0.25, -0.2) is 18.6 Å². The summed E-state index contributed by atoms with van der Waals surface area (Å²) < 4.78 is 26.4. The van der Waals surface area contributed by atoms with Gasteiger partial charge in [0.15, 0.2) is 0 Å². The van der Waals surface area contributed by atoms with Gasteiger partial charge in [-0.15, -0.1) is 0 Å². The maximum Gasteiger partial charge on any atom is 0.255 e. The van der Waals surface area contributed by atoms with Crippen LogP contribution in [0, 0.1) is 0 Å². The number of hydrazone groups is 1. The smallest absolute Gasteiger partial charge is 0.255 e. The number of amides is 1. The lowest BCUT2D eigenvalue weighted by Crippen LogP contribution is -2.34. The van der Waals surface area contributed by atoms with Gasteiger partial charge in [0.25, 0.3) is 5.91 Å². The molecule has 3 rings (SSSR count). The molecule has 1 saturated heterocycles. The van der Waals surface area contributed by atoms with Crippen LogP contribution in [0.3, 0.4) is 0 Å². The molecule has 154 valence electrons. The SMILES string of the molecule is O=C(CNS(=O)(=O)c1ccccc1)N/N=C\c1ccc(N2CCCCCC2)cc1. The van der Waals surface area contributed by atoms with Crippen LogP contribution in [0.4, 0.5) is 5.69 Å². The van der Waals surface area contributed by atoms with E-state index in [1.807, 2.05) is 12.1 Å². The lowest BCUT2D eigenvalue weighted by Gasteiger charge is -2.22. The topological polar surface area (TPSA) is 90.9 Å². The Kier molecular flexibility index (Phi) is 7.37. The van der Waals surface area contributed by atoms with Crippen molar-refractivity contribution >= 4 is 27.8 Å². The molecule has 1 aliphatic rings. The molecule has 2 aromatic carbocycles. The monoisotopic (exact) mass is 414 g/mol. The van der Waals surface area contributed by atoms with Crippen LogP contribution in [-0.4, -0.2) is 40.2 Å². The third kappa shape index (κ3) is 6.40. The highest BCUT2D eigenvalue weighted by Crippen LogP contribution is 2.19. The van der Waals surface area contributed by atoms with E-state index in [-0.39, 0.29) is 11.4 Å². The first kappa shape index (κ1) is 21.0. The van der Waals surface area contributed by atoms with Crippen molar-refractivity contribution in [1.82, 2.24) is 10.1 Å². The van der Waals surface area contributed by atoms with Gasteiger partial charge in [0.05, 0.1) is 17.7 Å². The molecule has 0 unspecified atom stereocenters. The van der Waals surface area contributed by atoms with Crippen LogP contribution in [0.5, 0.6) is 0 Å². The Bertz CT molecular complexity index is 920. The average Bonchev–Trinajstić information content (AvgIpc) is 3.03. The summed E-state index contributed by atoms with van der Waals surface area (Å²) in [7, 11) is -3.72. The van der Waals surface area contributed by atoms with Gasteiger partial charge in [-0.2, -0.15) is 5.10 Å². The molecule has 8 heteroatoms. The number of carbonyl (C=O) groups excluding carboxylic acids is 1. The molecule has 0 atom stereocenters. The third-order valence-corrected chi connectivity index (χ3v) is 6.16. The fourth-order valence-electron chi connectivity index (χ4n) is 3.16. The summed E-state index contributed by atoms with van der Waals surface area (Å²) in [6.07, 6.45) is 6.58. The highest BCUT2D eigenvalue weighted by molar-refractivity contribution is 7.89. The molecule has 0 bridgehead atoms. The van der Waals surface area contributed by atoms with Crippen molar-refractivity contribution in [3.05, 3.63) is 60.2 Å². The van der Waals surface area contributed by atoms with Gasteiger partial charge < -0.3 is 4.90 Å². The van der Waals surface area contributed by atoms with Crippen LogP contribution in [0.1, 0.15) is 31.2 Å². The van der Waals surface area contributed by atoms with Gasteiger partial charge in [-0.3, -0.25) is 4.79 Å². The van der Waals surface area contributed by atoms with Gasteiger partial charge in [0.2, 0.25) is 10.0 Å². The molecule has 2 N–H and O–H groups in total. The lowest BCUT2D eigenvalue weighted by atomic mass is 10.2. The number of nitrogens with one attached hydrogen (secondary N) is 2. The quantitative estimate of drug-likeness (QED) is 0.538. The molecule has 1 heterocycles. The van der Waals surface area contributed by atoms with Crippen molar-refractivity contribution in [2.24, 2.45) is 5.10 Å². The highest BCUT2D eigenvalue weighted by atomic mass is 32.2. The molecule has 0 aromatic heterocycles. The summed E-state index contributed by atoms with van der Waals surface area (Å²) in [5.41, 5.74) is 4.39. The van der Waals surface area contributed by atoms with Crippen molar-refractivity contribution in [2.45, 2.75) is 30.6 Å². The molecule has 1 aliphatic heterocycles. The van der Waals surface area contributed by atoms with Gasteiger partial charge in [0.1, 0.15) is 0 Å². The number of rotatable bonds is 7. The molecule has 0 saturated carbocycles. The molecule has 0 radical (unpaired) electrons. The first-order valence-corrected chi connectivity index (χ1v) is 11.2. The molecule has 1 fully saturated rings. The summed E-state index contributed by atoms with van der Waals surface area (Å²) in [5.74, 6) is -0.540. The third-order valence-electron chi connectivity index (χ3n) is 4.74. The van der Waals surface area contributed by atoms with Gasteiger partial charge in [0, 0.05) is 18.8 Å². The van der Waals surface area contributed by atoms with Crippen LogP contribution in [-0.2, 0) is 14.8 Å². The molecule has 0 spiro atoms. The molecule has 0 aliphatic carbocycles. The molecule has 2 aromatic rings. The minimum absolute atomic E-state index is 0.112. The zero-order valence-electron chi connectivity index (χ0n) is 16.3. The Balaban J connectivity index is 1.47. The fourth-order valence-corrected chi connectivity index (χ4v) is 4.17. The van der Waals surface area contributed by atoms with Crippen molar-refractivity contribution in [3.63, 3.8) is 0 Å². The van der Waals surface area contributed by atoms with E-state index in [4.69, 9.17) is 0 Å². The van der Waals surface area contributed by atoms with Crippen LogP contribution in [0.25, 0.3) is 0 Å². The summed E-state index contributed by atoms with van der Waals surface area (Å²) in [6, 6.07) is 15.9. The number of hydrogen-bond donors (Lipinski definition) is 2. The number of anilines is 1. The van der Waals surface area contributed by atoms with E-state index in [2.05, 4.69) is 32.3 Å². The predicted octanol–water partition coefficient (Wildman–Crippen LogP) is 2.50. The number of benzene rings is 2. The second-order valence-corrected chi connectivity index (χ2v) is 8.69. The first-order chi connectivity index (χ1) is 14.0. The highest BCUT2D eigenvalue weighted by Gasteiger charge is 2.14. The Morgan fingerprint density at radius 1 is 0.966 bits per heavy atom. The van der Waals surface area contributed by atoms with E-state index in [9.17, 15) is 13.2 Å². The Labute approximate surface area is 171 Å². The summed E-state index contributed by atoms with van der Waals surface area (Å²) in [6.45, 7) is 1.78. The zero-order valence-corrected chi connectivity index (χ0v) is 17.1. The van der Waals surface area contributed by atoms with Crippen molar-refractivity contribution in [1.29, 1.82) is 0 Å².